The van der Waals surface area contributed by atoms with Gasteiger partial charge >= 0.3 is 5.97 Å². The van der Waals surface area contributed by atoms with Gasteiger partial charge in [-0.1, -0.05) is 44.2 Å². The molecule has 1 aliphatic heterocycles. The highest BCUT2D eigenvalue weighted by Crippen LogP contribution is 2.30. The molecule has 0 aromatic heterocycles. The standard InChI is InChI=1S/C23H25N3O3S/c1-13(2)17-7-5-6-8-18(17)25-21(27)19-14(3)24-23(30)26-20(19)15-9-11-16(12-10-15)22(28)29-4/h5-13,20H,1-4H3,(H,25,27)(H2,24,26,30)/t20-/m1/s1. The number of methoxy groups -OCH3 is 1. The molecule has 156 valence electrons. The maximum Gasteiger partial charge on any atom is 0.337 e. The summed E-state index contributed by atoms with van der Waals surface area (Å²) in [5, 5.41) is 9.69. The summed E-state index contributed by atoms with van der Waals surface area (Å²) in [4.78, 5) is 25.0. The summed E-state index contributed by atoms with van der Waals surface area (Å²) >= 11 is 5.31. The third kappa shape index (κ3) is 4.52. The molecule has 3 rings (SSSR count). The van der Waals surface area contributed by atoms with E-state index in [1.807, 2.05) is 31.2 Å². The quantitative estimate of drug-likeness (QED) is 0.498. The molecule has 0 radical (unpaired) electrons. The number of anilines is 1. The van der Waals surface area contributed by atoms with Gasteiger partial charge in [0.25, 0.3) is 5.91 Å². The lowest BCUT2D eigenvalue weighted by atomic mass is 9.93. The fourth-order valence-electron chi connectivity index (χ4n) is 3.48. The van der Waals surface area contributed by atoms with Gasteiger partial charge in [-0.3, -0.25) is 4.79 Å². The zero-order valence-corrected chi connectivity index (χ0v) is 18.2. The van der Waals surface area contributed by atoms with E-state index in [2.05, 4.69) is 29.8 Å². The van der Waals surface area contributed by atoms with E-state index >= 15 is 0 Å². The minimum atomic E-state index is -0.448. The lowest BCUT2D eigenvalue weighted by Gasteiger charge is -2.30. The Bertz CT molecular complexity index is 1010. The van der Waals surface area contributed by atoms with Gasteiger partial charge < -0.3 is 20.7 Å². The summed E-state index contributed by atoms with van der Waals surface area (Å²) in [6.45, 7) is 6.00. The molecule has 0 saturated heterocycles. The Kier molecular flexibility index (Phi) is 6.52. The van der Waals surface area contributed by atoms with Gasteiger partial charge in [0.15, 0.2) is 5.11 Å². The van der Waals surface area contributed by atoms with Crippen LogP contribution in [-0.4, -0.2) is 24.1 Å². The molecule has 2 aromatic rings. The second-order valence-electron chi connectivity index (χ2n) is 7.38. The summed E-state index contributed by atoms with van der Waals surface area (Å²) in [5.74, 6) is -0.358. The Hall–Kier alpha value is -3.19. The van der Waals surface area contributed by atoms with E-state index in [9.17, 15) is 9.59 Å². The number of para-hydroxylation sites is 1. The minimum Gasteiger partial charge on any atom is -0.465 e. The Labute approximate surface area is 181 Å². The number of amides is 1. The third-order valence-corrected chi connectivity index (χ3v) is 5.23. The Morgan fingerprint density at radius 2 is 1.77 bits per heavy atom. The smallest absolute Gasteiger partial charge is 0.337 e. The molecule has 1 aliphatic rings. The van der Waals surface area contributed by atoms with Crippen LogP contribution in [0.3, 0.4) is 0 Å². The highest BCUT2D eigenvalue weighted by Gasteiger charge is 2.30. The van der Waals surface area contributed by atoms with Crippen LogP contribution in [0.15, 0.2) is 59.8 Å². The lowest BCUT2D eigenvalue weighted by Crippen LogP contribution is -2.45. The molecule has 0 unspecified atom stereocenters. The van der Waals surface area contributed by atoms with Crippen molar-refractivity contribution in [3.8, 4) is 0 Å². The van der Waals surface area contributed by atoms with Crippen LogP contribution < -0.4 is 16.0 Å². The van der Waals surface area contributed by atoms with E-state index in [-0.39, 0.29) is 11.8 Å². The summed E-state index contributed by atoms with van der Waals surface area (Å²) in [6, 6.07) is 14.3. The number of rotatable bonds is 5. The molecule has 7 heteroatoms. The van der Waals surface area contributed by atoms with Crippen molar-refractivity contribution >= 4 is 34.9 Å². The number of hydrogen-bond acceptors (Lipinski definition) is 4. The number of hydrogen-bond donors (Lipinski definition) is 3. The molecule has 1 heterocycles. The zero-order chi connectivity index (χ0) is 21.8. The Balaban J connectivity index is 1.94. The topological polar surface area (TPSA) is 79.5 Å². The number of ether oxygens (including phenoxy) is 1. The molecule has 0 fully saturated rings. The van der Waals surface area contributed by atoms with Crippen LogP contribution in [0.1, 0.15) is 54.2 Å². The maximum absolute atomic E-state index is 13.3. The molecule has 0 bridgehead atoms. The number of esters is 1. The highest BCUT2D eigenvalue weighted by molar-refractivity contribution is 7.80. The van der Waals surface area contributed by atoms with Crippen molar-refractivity contribution in [2.45, 2.75) is 32.7 Å². The van der Waals surface area contributed by atoms with Crippen LogP contribution in [0.5, 0.6) is 0 Å². The first-order valence-corrected chi connectivity index (χ1v) is 10.1. The monoisotopic (exact) mass is 423 g/mol. The first kappa shape index (κ1) is 21.5. The van der Waals surface area contributed by atoms with Crippen LogP contribution in [0.25, 0.3) is 0 Å². The van der Waals surface area contributed by atoms with Crippen LogP contribution >= 0.6 is 12.2 Å². The number of thiocarbonyl (C=S) groups is 1. The number of allylic oxidation sites excluding steroid dienone is 1. The Morgan fingerprint density at radius 3 is 2.40 bits per heavy atom. The van der Waals surface area contributed by atoms with Gasteiger partial charge in [-0.05, 0) is 54.4 Å². The van der Waals surface area contributed by atoms with Gasteiger partial charge in [0.05, 0.1) is 24.3 Å². The van der Waals surface area contributed by atoms with E-state index in [4.69, 9.17) is 17.0 Å². The lowest BCUT2D eigenvalue weighted by molar-refractivity contribution is -0.113. The number of carbonyl (C=O) groups excluding carboxylic acids is 2. The van der Waals surface area contributed by atoms with Gasteiger partial charge in [0.1, 0.15) is 0 Å². The van der Waals surface area contributed by atoms with Gasteiger partial charge in [-0.2, -0.15) is 0 Å². The average molecular weight is 424 g/mol. The van der Waals surface area contributed by atoms with E-state index in [1.165, 1.54) is 7.11 Å². The molecule has 0 spiro atoms. The molecule has 0 aliphatic carbocycles. The second-order valence-corrected chi connectivity index (χ2v) is 7.79. The summed E-state index contributed by atoms with van der Waals surface area (Å²) in [5.41, 5.74) is 4.32. The molecule has 3 N–H and O–H groups in total. The minimum absolute atomic E-state index is 0.217. The van der Waals surface area contributed by atoms with Crippen molar-refractivity contribution in [1.29, 1.82) is 0 Å². The third-order valence-electron chi connectivity index (χ3n) is 5.01. The van der Waals surface area contributed by atoms with Crippen LogP contribution in [-0.2, 0) is 9.53 Å². The molecule has 30 heavy (non-hydrogen) atoms. The summed E-state index contributed by atoms with van der Waals surface area (Å²) in [6.07, 6.45) is 0. The SMILES string of the molecule is COC(=O)c1ccc([C@H]2NC(=S)NC(C)=C2C(=O)Nc2ccccc2C(C)C)cc1. The summed E-state index contributed by atoms with van der Waals surface area (Å²) in [7, 11) is 1.34. The average Bonchev–Trinajstić information content (AvgIpc) is 2.72. The molecular formula is C23H25N3O3S. The molecule has 6 nitrogen and oxygen atoms in total. The first-order valence-electron chi connectivity index (χ1n) is 9.68. The van der Waals surface area contributed by atoms with E-state index in [1.54, 1.807) is 24.3 Å². The zero-order valence-electron chi connectivity index (χ0n) is 17.4. The van der Waals surface area contributed by atoms with E-state index < -0.39 is 12.0 Å². The van der Waals surface area contributed by atoms with E-state index in [0.29, 0.717) is 21.9 Å². The van der Waals surface area contributed by atoms with Gasteiger partial charge in [-0.25, -0.2) is 4.79 Å². The molecule has 1 amide bonds. The molecule has 2 aromatic carbocycles. The van der Waals surface area contributed by atoms with Crippen LogP contribution in [0, 0.1) is 0 Å². The number of carbonyl (C=O) groups is 2. The van der Waals surface area contributed by atoms with Crippen molar-refractivity contribution < 1.29 is 14.3 Å². The number of benzene rings is 2. The predicted octanol–water partition coefficient (Wildman–Crippen LogP) is 4.03. The fraction of sp³-hybridized carbons (Fsp3) is 0.261. The molecule has 1 atom stereocenters. The molecule has 0 saturated carbocycles. The van der Waals surface area contributed by atoms with Gasteiger partial charge in [0, 0.05) is 11.4 Å². The second kappa shape index (κ2) is 9.09. The van der Waals surface area contributed by atoms with Crippen molar-refractivity contribution in [2.24, 2.45) is 0 Å². The molecular weight excluding hydrogens is 398 g/mol. The van der Waals surface area contributed by atoms with Crippen molar-refractivity contribution in [3.63, 3.8) is 0 Å². The van der Waals surface area contributed by atoms with Crippen LogP contribution in [0.4, 0.5) is 5.69 Å². The first-order chi connectivity index (χ1) is 14.3. The Morgan fingerprint density at radius 1 is 1.10 bits per heavy atom. The van der Waals surface area contributed by atoms with Crippen molar-refractivity contribution in [1.82, 2.24) is 10.6 Å². The van der Waals surface area contributed by atoms with Gasteiger partial charge in [0.2, 0.25) is 0 Å². The largest absolute Gasteiger partial charge is 0.465 e. The van der Waals surface area contributed by atoms with Crippen molar-refractivity contribution in [2.75, 3.05) is 12.4 Å². The van der Waals surface area contributed by atoms with E-state index in [0.717, 1.165) is 16.8 Å². The normalized spacial score (nSPS) is 16.0. The van der Waals surface area contributed by atoms with Crippen molar-refractivity contribution in [3.05, 3.63) is 76.5 Å². The fourth-order valence-corrected chi connectivity index (χ4v) is 3.75. The summed E-state index contributed by atoms with van der Waals surface area (Å²) < 4.78 is 4.75. The highest BCUT2D eigenvalue weighted by atomic mass is 32.1. The van der Waals surface area contributed by atoms with Gasteiger partial charge in [-0.15, -0.1) is 0 Å². The predicted molar refractivity (Wildman–Crippen MR) is 121 cm³/mol. The number of nitrogens with one attached hydrogen (secondary N) is 3. The maximum atomic E-state index is 13.3. The van der Waals surface area contributed by atoms with Crippen LogP contribution in [0.2, 0.25) is 0 Å².